The summed E-state index contributed by atoms with van der Waals surface area (Å²) in [5.41, 5.74) is -1.99. The van der Waals surface area contributed by atoms with Gasteiger partial charge in [-0.25, -0.2) is 22.4 Å². The van der Waals surface area contributed by atoms with Gasteiger partial charge < -0.3 is 9.84 Å². The topological polar surface area (TPSA) is 46.5 Å². The lowest BCUT2D eigenvalue weighted by Gasteiger charge is -2.18. The molecule has 106 valence electrons. The van der Waals surface area contributed by atoms with Gasteiger partial charge in [0, 0.05) is 5.56 Å². The van der Waals surface area contributed by atoms with Crippen LogP contribution in [0.1, 0.15) is 18.1 Å². The van der Waals surface area contributed by atoms with Crippen LogP contribution >= 0.6 is 11.6 Å². The third-order valence-corrected chi connectivity index (χ3v) is 2.62. The van der Waals surface area contributed by atoms with Gasteiger partial charge in [0.1, 0.15) is 0 Å². The first-order chi connectivity index (χ1) is 8.77. The highest BCUT2D eigenvalue weighted by Crippen LogP contribution is 2.36. The summed E-state index contributed by atoms with van der Waals surface area (Å²) < 4.78 is 58.0. The normalized spacial score (nSPS) is 14.1. The molecule has 1 N–H and O–H groups in total. The van der Waals surface area contributed by atoms with Gasteiger partial charge in [0.05, 0.1) is 18.8 Å². The minimum atomic E-state index is -3.52. The summed E-state index contributed by atoms with van der Waals surface area (Å²) in [7, 11) is 0. The molecule has 0 aliphatic heterocycles. The van der Waals surface area contributed by atoms with E-state index in [1.54, 1.807) is 0 Å². The molecule has 0 saturated heterocycles. The average Bonchev–Trinajstić information content (AvgIpc) is 2.36. The van der Waals surface area contributed by atoms with Crippen LogP contribution in [-0.4, -0.2) is 17.7 Å². The number of halogens is 5. The van der Waals surface area contributed by atoms with Crippen molar-refractivity contribution < 1.29 is 32.2 Å². The summed E-state index contributed by atoms with van der Waals surface area (Å²) in [6.45, 7) is 0.0901. The number of ether oxygens (including phenoxy) is 1. The summed E-state index contributed by atoms with van der Waals surface area (Å²) in [6.07, 6.45) is 0. The predicted molar refractivity (Wildman–Crippen MR) is 57.5 cm³/mol. The summed E-state index contributed by atoms with van der Waals surface area (Å²) >= 11 is 5.20. The first kappa shape index (κ1) is 15.7. The van der Waals surface area contributed by atoms with Crippen molar-refractivity contribution in [1.82, 2.24) is 0 Å². The van der Waals surface area contributed by atoms with Crippen molar-refractivity contribution >= 4 is 17.6 Å². The van der Waals surface area contributed by atoms with Gasteiger partial charge in [0.2, 0.25) is 0 Å². The van der Waals surface area contributed by atoms with E-state index in [1.807, 2.05) is 0 Å². The van der Waals surface area contributed by atoms with Gasteiger partial charge in [-0.15, -0.1) is 0 Å². The Kier molecular flexibility index (Phi) is 4.75. The maximum atomic E-state index is 14.0. The molecular weight excluding hydrogens is 292 g/mol. The Bertz CT molecular complexity index is 505. The number of benzene rings is 1. The number of hydrogen-bond acceptors (Lipinski definition) is 3. The van der Waals surface area contributed by atoms with Crippen molar-refractivity contribution in [2.24, 2.45) is 0 Å². The van der Waals surface area contributed by atoms with Gasteiger partial charge >= 0.3 is 11.1 Å². The van der Waals surface area contributed by atoms with Crippen LogP contribution < -0.4 is 0 Å². The molecule has 0 heterocycles. The summed E-state index contributed by atoms with van der Waals surface area (Å²) in [4.78, 5) is 11.2. The van der Waals surface area contributed by atoms with Crippen LogP contribution in [-0.2, 0) is 21.3 Å². The van der Waals surface area contributed by atoms with E-state index in [1.165, 1.54) is 6.92 Å². The Labute approximate surface area is 110 Å². The van der Waals surface area contributed by atoms with Crippen molar-refractivity contribution in [2.75, 3.05) is 6.61 Å². The van der Waals surface area contributed by atoms with E-state index in [4.69, 9.17) is 16.7 Å². The molecule has 1 unspecified atom stereocenters. The van der Waals surface area contributed by atoms with Gasteiger partial charge in [-0.1, -0.05) is 11.6 Å². The highest BCUT2D eigenvalue weighted by molar-refractivity contribution is 6.32. The molecule has 8 heteroatoms. The number of alkyl halides is 2. The standard InChI is InChI=1S/C11H9ClF4O3/c1-2-19-10(18)11(12,16)6-3-5(4-17)7(13)9(15)8(6)14/h3,17H,2,4H2,1H3. The van der Waals surface area contributed by atoms with E-state index in [0.29, 0.717) is 6.07 Å². The fourth-order valence-electron chi connectivity index (χ4n) is 1.33. The monoisotopic (exact) mass is 300 g/mol. The quantitative estimate of drug-likeness (QED) is 0.402. The van der Waals surface area contributed by atoms with E-state index in [0.717, 1.165) is 0 Å². The van der Waals surface area contributed by atoms with Crippen LogP contribution in [0.15, 0.2) is 6.07 Å². The molecule has 0 saturated carbocycles. The second kappa shape index (κ2) is 5.75. The molecule has 0 fully saturated rings. The Hall–Kier alpha value is -1.34. The lowest BCUT2D eigenvalue weighted by molar-refractivity contribution is -0.152. The van der Waals surface area contributed by atoms with Crippen LogP contribution in [0.25, 0.3) is 0 Å². The minimum Gasteiger partial charge on any atom is -0.462 e. The highest BCUT2D eigenvalue weighted by atomic mass is 35.5. The lowest BCUT2D eigenvalue weighted by Crippen LogP contribution is -2.29. The molecular formula is C11H9ClF4O3. The maximum absolute atomic E-state index is 14.0. The number of aliphatic hydroxyl groups excluding tert-OH is 1. The SMILES string of the molecule is CCOC(=O)C(F)(Cl)c1cc(CO)c(F)c(F)c1F. The van der Waals surface area contributed by atoms with Crippen LogP contribution in [0.3, 0.4) is 0 Å². The minimum absolute atomic E-state index is 0.241. The van der Waals surface area contributed by atoms with Crippen LogP contribution in [0.2, 0.25) is 0 Å². The summed E-state index contributed by atoms with van der Waals surface area (Å²) in [6, 6.07) is 0.428. The molecule has 0 aromatic heterocycles. The lowest BCUT2D eigenvalue weighted by atomic mass is 10.0. The van der Waals surface area contributed by atoms with Gasteiger partial charge in [-0.05, 0) is 13.0 Å². The molecule has 0 bridgehead atoms. The molecule has 1 aromatic rings. The van der Waals surface area contributed by atoms with E-state index < -0.39 is 46.3 Å². The van der Waals surface area contributed by atoms with Gasteiger partial charge in [-0.2, -0.15) is 0 Å². The van der Waals surface area contributed by atoms with E-state index in [2.05, 4.69) is 4.74 Å². The number of rotatable bonds is 4. The van der Waals surface area contributed by atoms with Crippen molar-refractivity contribution in [1.29, 1.82) is 0 Å². The summed E-state index contributed by atoms with van der Waals surface area (Å²) in [5, 5.41) is 5.24. The number of carbonyl (C=O) groups excluding carboxylic acids is 1. The predicted octanol–water partition coefficient (Wildman–Crippen LogP) is 2.52. The third-order valence-electron chi connectivity index (χ3n) is 2.26. The average molecular weight is 301 g/mol. The zero-order valence-electron chi connectivity index (χ0n) is 9.65. The van der Waals surface area contributed by atoms with Gasteiger partial charge in [-0.3, -0.25) is 0 Å². The largest absolute Gasteiger partial charge is 0.462 e. The Balaban J connectivity index is 3.42. The van der Waals surface area contributed by atoms with Gasteiger partial charge in [0.15, 0.2) is 17.5 Å². The highest BCUT2D eigenvalue weighted by Gasteiger charge is 2.44. The van der Waals surface area contributed by atoms with Crippen LogP contribution in [0, 0.1) is 17.5 Å². The molecule has 1 rings (SSSR count). The van der Waals surface area contributed by atoms with E-state index in [9.17, 15) is 22.4 Å². The molecule has 3 nitrogen and oxygen atoms in total. The van der Waals surface area contributed by atoms with Crippen molar-refractivity contribution in [3.63, 3.8) is 0 Å². The van der Waals surface area contributed by atoms with Crippen LogP contribution in [0.4, 0.5) is 17.6 Å². The second-order valence-corrected chi connectivity index (χ2v) is 4.00. The first-order valence-corrected chi connectivity index (χ1v) is 5.47. The van der Waals surface area contributed by atoms with Crippen LogP contribution in [0.5, 0.6) is 0 Å². The van der Waals surface area contributed by atoms with Crippen molar-refractivity contribution in [3.8, 4) is 0 Å². The number of esters is 1. The molecule has 19 heavy (non-hydrogen) atoms. The number of carbonyl (C=O) groups is 1. The molecule has 1 aromatic carbocycles. The molecule has 0 amide bonds. The number of aliphatic hydroxyl groups is 1. The van der Waals surface area contributed by atoms with E-state index >= 15 is 0 Å². The zero-order chi connectivity index (χ0) is 14.8. The smallest absolute Gasteiger partial charge is 0.364 e. The Morgan fingerprint density at radius 2 is 1.95 bits per heavy atom. The Morgan fingerprint density at radius 3 is 2.42 bits per heavy atom. The number of hydrogen-bond donors (Lipinski definition) is 1. The fourth-order valence-corrected chi connectivity index (χ4v) is 1.52. The molecule has 0 spiro atoms. The summed E-state index contributed by atoms with van der Waals surface area (Å²) in [5.74, 6) is -7.33. The molecule has 0 aliphatic carbocycles. The van der Waals surface area contributed by atoms with Gasteiger partial charge in [0.25, 0.3) is 0 Å². The molecule has 0 radical (unpaired) electrons. The maximum Gasteiger partial charge on any atom is 0.364 e. The van der Waals surface area contributed by atoms with Crippen molar-refractivity contribution in [2.45, 2.75) is 18.7 Å². The first-order valence-electron chi connectivity index (χ1n) is 5.10. The van der Waals surface area contributed by atoms with Crippen molar-refractivity contribution in [3.05, 3.63) is 34.6 Å². The molecule has 1 atom stereocenters. The second-order valence-electron chi connectivity index (χ2n) is 3.48. The Morgan fingerprint density at radius 1 is 1.37 bits per heavy atom. The molecule has 0 aliphatic rings. The van der Waals surface area contributed by atoms with E-state index in [-0.39, 0.29) is 6.61 Å². The fraction of sp³-hybridized carbons (Fsp3) is 0.364. The third kappa shape index (κ3) is 2.82. The zero-order valence-corrected chi connectivity index (χ0v) is 10.4.